The number of carbonyl (C=O) groups is 2. The molecule has 5 heteroatoms. The molecule has 3 aliphatic rings. The second-order valence-corrected chi connectivity index (χ2v) is 9.61. The van der Waals surface area contributed by atoms with Crippen LogP contribution in [-0.2, 0) is 14.3 Å². The van der Waals surface area contributed by atoms with Gasteiger partial charge in [-0.05, 0) is 67.6 Å². The normalized spacial score (nSPS) is 44.6. The van der Waals surface area contributed by atoms with E-state index in [0.717, 1.165) is 32.1 Å². The molecular weight excluding hydrogens is 344 g/mol. The minimum Gasteiger partial charge on any atom is -0.481 e. The van der Waals surface area contributed by atoms with Gasteiger partial charge in [0.15, 0.2) is 0 Å². The van der Waals surface area contributed by atoms with Crippen molar-refractivity contribution >= 4 is 11.9 Å². The van der Waals surface area contributed by atoms with E-state index < -0.39 is 18.0 Å². The zero-order valence-electron chi connectivity index (χ0n) is 16.9. The summed E-state index contributed by atoms with van der Waals surface area (Å²) in [7, 11) is 0. The molecule has 3 saturated carbocycles. The first-order chi connectivity index (χ1) is 12.6. The Hall–Kier alpha value is -1.36. The number of hydrogen-bond acceptors (Lipinski definition) is 4. The Bertz CT molecular complexity index is 628. The molecule has 0 unspecified atom stereocenters. The average molecular weight is 379 g/mol. The Kier molecular flexibility index (Phi) is 5.46. The minimum absolute atomic E-state index is 0.00837. The fourth-order valence-corrected chi connectivity index (χ4v) is 6.50. The second-order valence-electron chi connectivity index (χ2n) is 9.61. The van der Waals surface area contributed by atoms with Gasteiger partial charge in [0, 0.05) is 12.8 Å². The van der Waals surface area contributed by atoms with Crippen molar-refractivity contribution in [2.24, 2.45) is 34.5 Å². The van der Waals surface area contributed by atoms with Crippen molar-refractivity contribution in [3.8, 4) is 0 Å². The highest BCUT2D eigenvalue weighted by molar-refractivity contribution is 5.71. The number of carboxylic acids is 1. The summed E-state index contributed by atoms with van der Waals surface area (Å²) in [6.45, 7) is 10.3. The van der Waals surface area contributed by atoms with Crippen LogP contribution in [0.4, 0.5) is 0 Å². The summed E-state index contributed by atoms with van der Waals surface area (Å²) < 4.78 is 5.32. The smallest absolute Gasteiger partial charge is 0.307 e. The quantitative estimate of drug-likeness (QED) is 0.574. The number of carboxylic acid groups (broad SMARTS) is 1. The van der Waals surface area contributed by atoms with Gasteiger partial charge in [-0.15, -0.1) is 0 Å². The molecule has 0 radical (unpaired) electrons. The lowest BCUT2D eigenvalue weighted by molar-refractivity contribution is -0.164. The van der Waals surface area contributed by atoms with Gasteiger partial charge in [0.2, 0.25) is 0 Å². The van der Waals surface area contributed by atoms with Crippen LogP contribution in [0.15, 0.2) is 12.2 Å². The monoisotopic (exact) mass is 378 g/mol. The standard InChI is InChI=1S/C22H34O5/c1-13-5-6-17-19(20(25)26)18(8-10-21(13,17)3)22(4)9-7-16(24)11-15(22)12-27-14(2)23/h15-19,24H,1,5-12H2,2-4H3,(H,25,26)/t15-,16+,17+,18+,19+,21-,22+/m1/s1. The molecule has 0 spiro atoms. The topological polar surface area (TPSA) is 83.8 Å². The van der Waals surface area contributed by atoms with Gasteiger partial charge in [-0.3, -0.25) is 9.59 Å². The molecule has 0 aromatic carbocycles. The van der Waals surface area contributed by atoms with Crippen LogP contribution in [0.25, 0.3) is 0 Å². The molecule has 0 heterocycles. The van der Waals surface area contributed by atoms with Gasteiger partial charge >= 0.3 is 11.9 Å². The number of esters is 1. The summed E-state index contributed by atoms with van der Waals surface area (Å²) in [4.78, 5) is 23.8. The Morgan fingerprint density at radius 2 is 1.89 bits per heavy atom. The molecule has 27 heavy (non-hydrogen) atoms. The summed E-state index contributed by atoms with van der Waals surface area (Å²) in [5, 5.41) is 20.4. The number of ether oxygens (including phenoxy) is 1. The Morgan fingerprint density at radius 1 is 1.19 bits per heavy atom. The molecule has 3 rings (SSSR count). The third-order valence-corrected chi connectivity index (χ3v) is 8.35. The Labute approximate surface area is 162 Å². The first-order valence-corrected chi connectivity index (χ1v) is 10.3. The highest BCUT2D eigenvalue weighted by Gasteiger charge is 2.59. The third kappa shape index (κ3) is 3.43. The zero-order chi connectivity index (χ0) is 20.0. The van der Waals surface area contributed by atoms with Crippen molar-refractivity contribution in [3.05, 3.63) is 12.2 Å². The van der Waals surface area contributed by atoms with E-state index >= 15 is 0 Å². The largest absolute Gasteiger partial charge is 0.481 e. The number of aliphatic hydroxyl groups excluding tert-OH is 1. The maximum absolute atomic E-state index is 12.4. The molecular formula is C22H34O5. The van der Waals surface area contributed by atoms with Crippen LogP contribution < -0.4 is 0 Å². The fourth-order valence-electron chi connectivity index (χ4n) is 6.50. The third-order valence-electron chi connectivity index (χ3n) is 8.35. The molecule has 7 atom stereocenters. The van der Waals surface area contributed by atoms with Gasteiger partial charge in [-0.2, -0.15) is 0 Å². The highest BCUT2D eigenvalue weighted by atomic mass is 16.5. The molecule has 0 amide bonds. The minimum atomic E-state index is -0.704. The van der Waals surface area contributed by atoms with Crippen LogP contribution in [0.2, 0.25) is 0 Å². The maximum atomic E-state index is 12.4. The Morgan fingerprint density at radius 3 is 2.52 bits per heavy atom. The van der Waals surface area contributed by atoms with E-state index in [-0.39, 0.29) is 41.2 Å². The lowest BCUT2D eigenvalue weighted by Gasteiger charge is -2.55. The van der Waals surface area contributed by atoms with E-state index in [1.54, 1.807) is 0 Å². The molecule has 5 nitrogen and oxygen atoms in total. The van der Waals surface area contributed by atoms with E-state index in [9.17, 15) is 19.8 Å². The molecule has 2 N–H and O–H groups in total. The van der Waals surface area contributed by atoms with Crippen molar-refractivity contribution in [2.75, 3.05) is 6.61 Å². The lowest BCUT2D eigenvalue weighted by atomic mass is 9.49. The van der Waals surface area contributed by atoms with Gasteiger partial charge in [-0.1, -0.05) is 26.0 Å². The van der Waals surface area contributed by atoms with Crippen LogP contribution in [0.1, 0.15) is 65.7 Å². The summed E-state index contributed by atoms with van der Waals surface area (Å²) in [6.07, 6.45) is 5.28. The predicted molar refractivity (Wildman–Crippen MR) is 102 cm³/mol. The molecule has 0 bridgehead atoms. The van der Waals surface area contributed by atoms with Gasteiger partial charge in [0.1, 0.15) is 0 Å². The van der Waals surface area contributed by atoms with Gasteiger partial charge < -0.3 is 14.9 Å². The van der Waals surface area contributed by atoms with Crippen molar-refractivity contribution < 1.29 is 24.5 Å². The van der Waals surface area contributed by atoms with Crippen molar-refractivity contribution in [3.63, 3.8) is 0 Å². The van der Waals surface area contributed by atoms with Crippen molar-refractivity contribution in [2.45, 2.75) is 71.8 Å². The van der Waals surface area contributed by atoms with Crippen LogP contribution in [-0.4, -0.2) is 34.9 Å². The average Bonchev–Trinajstić information content (AvgIpc) is 2.90. The van der Waals surface area contributed by atoms with Crippen LogP contribution in [0, 0.1) is 34.5 Å². The Balaban J connectivity index is 1.92. The van der Waals surface area contributed by atoms with Crippen molar-refractivity contribution in [1.82, 2.24) is 0 Å². The predicted octanol–water partition coefficient (Wildman–Crippen LogP) is 3.80. The summed E-state index contributed by atoms with van der Waals surface area (Å²) in [5.41, 5.74) is 0.885. The number of hydrogen-bond donors (Lipinski definition) is 2. The van der Waals surface area contributed by atoms with Crippen LogP contribution in [0.5, 0.6) is 0 Å². The summed E-state index contributed by atoms with van der Waals surface area (Å²) in [6, 6.07) is 0. The zero-order valence-corrected chi connectivity index (χ0v) is 16.9. The van der Waals surface area contributed by atoms with Gasteiger partial charge in [0.25, 0.3) is 0 Å². The molecule has 0 aliphatic heterocycles. The summed E-state index contributed by atoms with van der Waals surface area (Å²) >= 11 is 0. The van der Waals surface area contributed by atoms with Crippen molar-refractivity contribution in [1.29, 1.82) is 0 Å². The molecule has 3 fully saturated rings. The van der Waals surface area contributed by atoms with E-state index in [2.05, 4.69) is 20.4 Å². The highest BCUT2D eigenvalue weighted by Crippen LogP contribution is 2.63. The number of aliphatic hydroxyl groups is 1. The molecule has 152 valence electrons. The fraction of sp³-hybridized carbons (Fsp3) is 0.818. The molecule has 3 aliphatic carbocycles. The van der Waals surface area contributed by atoms with Crippen LogP contribution >= 0.6 is 0 Å². The maximum Gasteiger partial charge on any atom is 0.307 e. The molecule has 0 aromatic heterocycles. The number of allylic oxidation sites excluding steroid dienone is 1. The number of rotatable bonds is 4. The second kappa shape index (κ2) is 7.23. The van der Waals surface area contributed by atoms with E-state index in [1.807, 2.05) is 0 Å². The number of fused-ring (bicyclic) bond motifs is 1. The van der Waals surface area contributed by atoms with E-state index in [1.165, 1.54) is 12.5 Å². The first-order valence-electron chi connectivity index (χ1n) is 10.3. The number of carbonyl (C=O) groups excluding carboxylic acids is 1. The van der Waals surface area contributed by atoms with E-state index in [0.29, 0.717) is 12.8 Å². The first kappa shape index (κ1) is 20.4. The lowest BCUT2D eigenvalue weighted by Crippen LogP contribution is -2.53. The summed E-state index contributed by atoms with van der Waals surface area (Å²) in [5.74, 6) is -1.28. The number of aliphatic carboxylic acids is 1. The van der Waals surface area contributed by atoms with E-state index in [4.69, 9.17) is 4.74 Å². The van der Waals surface area contributed by atoms with Gasteiger partial charge in [-0.25, -0.2) is 0 Å². The molecule has 0 saturated heterocycles. The van der Waals surface area contributed by atoms with Crippen LogP contribution in [0.3, 0.4) is 0 Å². The van der Waals surface area contributed by atoms with Gasteiger partial charge in [0.05, 0.1) is 18.6 Å². The SMILES string of the molecule is C=C1CC[C@H]2[C@H](C(=O)O)[C@@H]([C@@]3(C)CC[C@H](O)C[C@@H]3COC(C)=O)CC[C@]12C. The molecule has 0 aromatic rings.